The van der Waals surface area contributed by atoms with Gasteiger partial charge in [-0.15, -0.1) is 0 Å². The Labute approximate surface area is 208 Å². The second-order valence-corrected chi connectivity index (χ2v) is 10.3. The highest BCUT2D eigenvalue weighted by molar-refractivity contribution is 5.67. The molecule has 35 heavy (non-hydrogen) atoms. The van der Waals surface area contributed by atoms with Crippen LogP contribution >= 0.6 is 0 Å². The zero-order valence-corrected chi connectivity index (χ0v) is 20.9. The molecule has 1 aromatic rings. The van der Waals surface area contributed by atoms with Crippen LogP contribution in [0.15, 0.2) is 76.9 Å². The van der Waals surface area contributed by atoms with Gasteiger partial charge in [0.15, 0.2) is 0 Å². The van der Waals surface area contributed by atoms with E-state index in [9.17, 15) is 9.90 Å². The maximum atomic E-state index is 11.9. The van der Waals surface area contributed by atoms with E-state index in [-0.39, 0.29) is 24.0 Å². The maximum Gasteiger partial charge on any atom is 0.307 e. The third kappa shape index (κ3) is 5.25. The van der Waals surface area contributed by atoms with Crippen LogP contribution in [0, 0.1) is 5.92 Å². The number of carbonyl (C=O) groups excluding carboxylic acids is 1. The van der Waals surface area contributed by atoms with Crippen LogP contribution in [0.25, 0.3) is 0 Å². The molecule has 2 aliphatic heterocycles. The summed E-state index contributed by atoms with van der Waals surface area (Å²) in [6.07, 6.45) is 14.2. The first kappa shape index (κ1) is 23.9. The molecule has 0 saturated heterocycles. The van der Waals surface area contributed by atoms with Gasteiger partial charge < -0.3 is 19.5 Å². The number of hydrogen-bond acceptors (Lipinski definition) is 5. The first-order valence-corrected chi connectivity index (χ1v) is 13.2. The monoisotopic (exact) mass is 475 g/mol. The average molecular weight is 476 g/mol. The fourth-order valence-corrected chi connectivity index (χ4v) is 6.18. The van der Waals surface area contributed by atoms with E-state index >= 15 is 0 Å². The number of esters is 1. The standard InChI is InChI=1S/C30H37NO4/c1-20(9-8-12-22-10-4-3-5-11-22)34-24-15-16-25-26-13-6-7-14-28(26)31-19-23(33)17-29(35-21(2)32)30(31)27(25)18-24/h3-5,10-11,15-16,18,20,23,27-28,33H,6-9,12-14,17,19H2,1-2H3/t20-,23+,27?,28-/m1/s1. The summed E-state index contributed by atoms with van der Waals surface area (Å²) in [6.45, 7) is 4.16. The molecule has 186 valence electrons. The lowest BCUT2D eigenvalue weighted by Gasteiger charge is -2.50. The highest BCUT2D eigenvalue weighted by Gasteiger charge is 2.44. The number of aliphatic hydroxyl groups excluding tert-OH is 1. The predicted octanol–water partition coefficient (Wildman–Crippen LogP) is 5.58. The Morgan fingerprint density at radius 1 is 1.20 bits per heavy atom. The van der Waals surface area contributed by atoms with Gasteiger partial charge in [-0.2, -0.15) is 0 Å². The first-order chi connectivity index (χ1) is 17.0. The summed E-state index contributed by atoms with van der Waals surface area (Å²) in [5.74, 6) is 1.16. The highest BCUT2D eigenvalue weighted by atomic mass is 16.5. The lowest BCUT2D eigenvalue weighted by atomic mass is 9.73. The van der Waals surface area contributed by atoms with Crippen molar-refractivity contribution >= 4 is 5.97 Å². The molecule has 1 N–H and O–H groups in total. The average Bonchev–Trinajstić information content (AvgIpc) is 2.84. The Hall–Kier alpha value is -2.79. The van der Waals surface area contributed by atoms with Gasteiger partial charge in [-0.05, 0) is 74.3 Å². The number of carbonyl (C=O) groups is 1. The van der Waals surface area contributed by atoms with Crippen molar-refractivity contribution in [2.75, 3.05) is 6.54 Å². The van der Waals surface area contributed by atoms with Crippen LogP contribution in [0.3, 0.4) is 0 Å². The summed E-state index contributed by atoms with van der Waals surface area (Å²) in [6, 6.07) is 10.9. The van der Waals surface area contributed by atoms with E-state index in [0.29, 0.717) is 18.7 Å². The topological polar surface area (TPSA) is 59.0 Å². The van der Waals surface area contributed by atoms with Crippen LogP contribution in [0.2, 0.25) is 0 Å². The summed E-state index contributed by atoms with van der Waals surface area (Å²) in [4.78, 5) is 14.3. The van der Waals surface area contributed by atoms with Crippen molar-refractivity contribution in [3.05, 3.63) is 82.5 Å². The second-order valence-electron chi connectivity index (χ2n) is 10.3. The summed E-state index contributed by atoms with van der Waals surface area (Å²) >= 11 is 0. The van der Waals surface area contributed by atoms with Crippen molar-refractivity contribution in [2.24, 2.45) is 5.92 Å². The molecular weight excluding hydrogens is 438 g/mol. The zero-order chi connectivity index (χ0) is 24.4. The molecule has 5 rings (SSSR count). The third-order valence-electron chi connectivity index (χ3n) is 7.66. The van der Waals surface area contributed by atoms with E-state index in [1.54, 1.807) is 0 Å². The van der Waals surface area contributed by atoms with Gasteiger partial charge in [0, 0.05) is 25.8 Å². The largest absolute Gasteiger partial charge is 0.491 e. The molecule has 0 radical (unpaired) electrons. The number of ether oxygens (including phenoxy) is 2. The molecule has 0 spiro atoms. The normalized spacial score (nSPS) is 26.4. The number of benzene rings is 1. The molecule has 4 aliphatic rings. The smallest absolute Gasteiger partial charge is 0.307 e. The van der Waals surface area contributed by atoms with E-state index in [4.69, 9.17) is 9.47 Å². The van der Waals surface area contributed by atoms with E-state index in [1.165, 1.54) is 36.5 Å². The molecule has 0 aromatic heterocycles. The molecule has 1 fully saturated rings. The number of rotatable bonds is 7. The lowest BCUT2D eigenvalue weighted by molar-refractivity contribution is -0.138. The van der Waals surface area contributed by atoms with Gasteiger partial charge in [-0.25, -0.2) is 0 Å². The molecule has 0 bridgehead atoms. The van der Waals surface area contributed by atoms with Crippen LogP contribution < -0.4 is 0 Å². The van der Waals surface area contributed by atoms with Crippen molar-refractivity contribution in [3.63, 3.8) is 0 Å². The molecular formula is C30H37NO4. The number of allylic oxidation sites excluding steroid dienone is 3. The minimum atomic E-state index is -0.527. The van der Waals surface area contributed by atoms with Crippen LogP contribution in [0.5, 0.6) is 0 Å². The Morgan fingerprint density at radius 3 is 2.83 bits per heavy atom. The molecule has 0 amide bonds. The molecule has 5 heteroatoms. The van der Waals surface area contributed by atoms with Crippen LogP contribution in [0.4, 0.5) is 0 Å². The molecule has 1 aromatic carbocycles. The molecule has 2 heterocycles. The van der Waals surface area contributed by atoms with Gasteiger partial charge in [-0.1, -0.05) is 42.8 Å². The SMILES string of the molecule is CC(=O)OC1=C2C3C=C(O[C@H](C)CCCc4ccccc4)C=CC3=C3CCCC[C@H]3N2C[C@@H](O)C1. The van der Waals surface area contributed by atoms with Crippen molar-refractivity contribution in [1.29, 1.82) is 0 Å². The van der Waals surface area contributed by atoms with Gasteiger partial charge in [0.05, 0.1) is 23.9 Å². The Balaban J connectivity index is 1.38. The van der Waals surface area contributed by atoms with E-state index < -0.39 is 6.10 Å². The number of hydrogen-bond donors (Lipinski definition) is 1. The maximum absolute atomic E-state index is 11.9. The summed E-state index contributed by atoms with van der Waals surface area (Å²) in [5.41, 5.74) is 5.20. The van der Waals surface area contributed by atoms with E-state index in [1.807, 2.05) is 0 Å². The summed E-state index contributed by atoms with van der Waals surface area (Å²) in [7, 11) is 0. The Bertz CT molecular complexity index is 1070. The van der Waals surface area contributed by atoms with Crippen molar-refractivity contribution in [3.8, 4) is 0 Å². The number of fused-ring (bicyclic) bond motifs is 5. The van der Waals surface area contributed by atoms with Gasteiger partial charge in [0.2, 0.25) is 0 Å². The quantitative estimate of drug-likeness (QED) is 0.522. The molecule has 5 nitrogen and oxygen atoms in total. The van der Waals surface area contributed by atoms with Crippen molar-refractivity contribution in [1.82, 2.24) is 4.90 Å². The summed E-state index contributed by atoms with van der Waals surface area (Å²) < 4.78 is 12.1. The number of nitrogens with zero attached hydrogens (tertiary/aromatic N) is 1. The van der Waals surface area contributed by atoms with Crippen LogP contribution in [-0.4, -0.2) is 40.8 Å². The second kappa shape index (κ2) is 10.4. The highest BCUT2D eigenvalue weighted by Crippen LogP contribution is 2.48. The molecule has 4 atom stereocenters. The Morgan fingerprint density at radius 2 is 2.03 bits per heavy atom. The van der Waals surface area contributed by atoms with Gasteiger partial charge in [0.25, 0.3) is 0 Å². The zero-order valence-electron chi connectivity index (χ0n) is 20.9. The molecule has 2 aliphatic carbocycles. The fourth-order valence-electron chi connectivity index (χ4n) is 6.18. The van der Waals surface area contributed by atoms with Gasteiger partial charge in [-0.3, -0.25) is 4.79 Å². The van der Waals surface area contributed by atoms with Gasteiger partial charge in [0.1, 0.15) is 11.5 Å². The number of aryl methyl sites for hydroxylation is 1. The third-order valence-corrected chi connectivity index (χ3v) is 7.66. The van der Waals surface area contributed by atoms with Crippen molar-refractivity contribution in [2.45, 2.75) is 83.5 Å². The predicted molar refractivity (Wildman–Crippen MR) is 136 cm³/mol. The summed E-state index contributed by atoms with van der Waals surface area (Å²) in [5, 5.41) is 10.6. The van der Waals surface area contributed by atoms with Gasteiger partial charge >= 0.3 is 5.97 Å². The lowest BCUT2D eigenvalue weighted by Crippen LogP contribution is -2.50. The van der Waals surface area contributed by atoms with Crippen molar-refractivity contribution < 1.29 is 19.4 Å². The number of aliphatic hydroxyl groups is 1. The molecule has 1 saturated carbocycles. The van der Waals surface area contributed by atoms with Crippen LogP contribution in [-0.2, 0) is 20.7 Å². The minimum Gasteiger partial charge on any atom is -0.491 e. The minimum absolute atomic E-state index is 0.00211. The fraction of sp³-hybridized carbons (Fsp3) is 0.500. The van der Waals surface area contributed by atoms with E-state index in [0.717, 1.165) is 43.6 Å². The Kier molecular flexibility index (Phi) is 7.14. The van der Waals surface area contributed by atoms with E-state index in [2.05, 4.69) is 60.4 Å². The van der Waals surface area contributed by atoms with Crippen LogP contribution in [0.1, 0.15) is 64.4 Å². The molecule has 1 unspecified atom stereocenters. The first-order valence-electron chi connectivity index (χ1n) is 13.2.